The van der Waals surface area contributed by atoms with Crippen LogP contribution in [-0.4, -0.2) is 52.9 Å². The second kappa shape index (κ2) is 15.8. The lowest BCUT2D eigenvalue weighted by molar-refractivity contribution is 0.0831. The summed E-state index contributed by atoms with van der Waals surface area (Å²) >= 11 is 5.97. The second-order valence-corrected chi connectivity index (χ2v) is 9.75. The lowest BCUT2D eigenvalue weighted by Gasteiger charge is -2.16. The van der Waals surface area contributed by atoms with Crippen LogP contribution in [0.4, 0.5) is 0 Å². The van der Waals surface area contributed by atoms with Crippen LogP contribution in [0.3, 0.4) is 0 Å². The number of ether oxygens (including phenoxy) is 2. The summed E-state index contributed by atoms with van der Waals surface area (Å²) in [5.41, 5.74) is 2.95. The van der Waals surface area contributed by atoms with E-state index in [2.05, 4.69) is 17.7 Å². The van der Waals surface area contributed by atoms with Crippen molar-refractivity contribution in [2.24, 2.45) is 0 Å². The highest BCUT2D eigenvalue weighted by Gasteiger charge is 2.12. The van der Waals surface area contributed by atoms with Crippen molar-refractivity contribution in [2.45, 2.75) is 32.3 Å². The number of benzene rings is 3. The van der Waals surface area contributed by atoms with E-state index in [-0.39, 0.29) is 31.4 Å². The van der Waals surface area contributed by atoms with Gasteiger partial charge in [-0.05, 0) is 93.3 Å². The quantitative estimate of drug-likeness (QED) is 0.185. The van der Waals surface area contributed by atoms with Gasteiger partial charge in [-0.2, -0.15) is 0 Å². The Hall–Kier alpha value is -2.74. The monoisotopic (exact) mass is 591 g/mol. The first-order valence-corrected chi connectivity index (χ1v) is 13.0. The standard InChI is InChI=1S/C30H34ClN3O3.2ClH/c1-4-5-6-30-32-29(22-7-13-26(14-8-22)36-21-25(35)19-33(2)3)20-34(30)24-11-17-28(18-12-24)37-27-15-9-23(31)10-16-27;;/h7-18,20,25,35H,4-6,19,21H2,1-3H3;2*1H/t25-;;/m1../s1. The zero-order valence-electron chi connectivity index (χ0n) is 22.4. The number of hydrogen-bond acceptors (Lipinski definition) is 5. The van der Waals surface area contributed by atoms with Crippen molar-refractivity contribution in [1.29, 1.82) is 0 Å². The van der Waals surface area contributed by atoms with E-state index in [1.165, 1.54) is 0 Å². The topological polar surface area (TPSA) is 59.8 Å². The number of imidazole rings is 1. The molecule has 1 atom stereocenters. The van der Waals surface area contributed by atoms with Gasteiger partial charge in [0.15, 0.2) is 0 Å². The van der Waals surface area contributed by atoms with Gasteiger partial charge in [0.1, 0.15) is 35.8 Å². The molecular formula is C30H36Cl3N3O3. The molecule has 1 N–H and O–H groups in total. The molecule has 0 aliphatic heterocycles. The Morgan fingerprint density at radius 1 is 0.897 bits per heavy atom. The number of likely N-dealkylation sites (N-methyl/N-ethyl adjacent to an activating group) is 1. The molecule has 6 nitrogen and oxygen atoms in total. The van der Waals surface area contributed by atoms with Gasteiger partial charge in [0.25, 0.3) is 0 Å². The van der Waals surface area contributed by atoms with Crippen LogP contribution in [0.1, 0.15) is 25.6 Å². The summed E-state index contributed by atoms with van der Waals surface area (Å²) in [5, 5.41) is 10.7. The lowest BCUT2D eigenvalue weighted by atomic mass is 10.1. The van der Waals surface area contributed by atoms with E-state index in [1.807, 2.05) is 91.8 Å². The van der Waals surface area contributed by atoms with E-state index in [1.54, 1.807) is 0 Å². The highest BCUT2D eigenvalue weighted by atomic mass is 35.5. The molecule has 1 heterocycles. The van der Waals surface area contributed by atoms with Crippen molar-refractivity contribution in [1.82, 2.24) is 14.5 Å². The molecule has 0 amide bonds. The van der Waals surface area contributed by atoms with Gasteiger partial charge in [0.2, 0.25) is 0 Å². The van der Waals surface area contributed by atoms with Gasteiger partial charge in [-0.1, -0.05) is 24.9 Å². The molecule has 0 saturated heterocycles. The molecule has 3 aromatic carbocycles. The van der Waals surface area contributed by atoms with Gasteiger partial charge in [-0.15, -0.1) is 24.8 Å². The fourth-order valence-corrected chi connectivity index (χ4v) is 4.12. The van der Waals surface area contributed by atoms with Crippen molar-refractivity contribution in [3.05, 3.63) is 89.8 Å². The molecule has 39 heavy (non-hydrogen) atoms. The maximum absolute atomic E-state index is 10.0. The summed E-state index contributed by atoms with van der Waals surface area (Å²) in [7, 11) is 3.85. The fourth-order valence-electron chi connectivity index (χ4n) is 3.99. The summed E-state index contributed by atoms with van der Waals surface area (Å²) in [6.45, 7) is 3.00. The molecule has 1 aromatic heterocycles. The zero-order chi connectivity index (χ0) is 26.2. The minimum atomic E-state index is -0.533. The third kappa shape index (κ3) is 9.45. The Bertz CT molecular complexity index is 1260. The Morgan fingerprint density at radius 3 is 2.08 bits per heavy atom. The second-order valence-electron chi connectivity index (χ2n) is 9.32. The summed E-state index contributed by atoms with van der Waals surface area (Å²) in [5.74, 6) is 3.25. The van der Waals surface area contributed by atoms with Crippen molar-refractivity contribution < 1.29 is 14.6 Å². The number of unbranched alkanes of at least 4 members (excludes halogenated alkanes) is 1. The van der Waals surface area contributed by atoms with E-state index in [0.29, 0.717) is 11.6 Å². The number of aryl methyl sites for hydroxylation is 1. The molecule has 9 heteroatoms. The molecule has 0 bridgehead atoms. The Labute approximate surface area is 248 Å². The van der Waals surface area contributed by atoms with Crippen molar-refractivity contribution in [2.75, 3.05) is 27.2 Å². The molecule has 0 aliphatic carbocycles. The number of aromatic nitrogens is 2. The Balaban J connectivity index is 0.00000267. The minimum absolute atomic E-state index is 0. The van der Waals surface area contributed by atoms with Crippen LogP contribution in [-0.2, 0) is 6.42 Å². The molecule has 0 radical (unpaired) electrons. The maximum atomic E-state index is 10.0. The van der Waals surface area contributed by atoms with Crippen LogP contribution in [0.2, 0.25) is 5.02 Å². The number of rotatable bonds is 12. The van der Waals surface area contributed by atoms with E-state index in [9.17, 15) is 5.11 Å². The molecule has 0 saturated carbocycles. The summed E-state index contributed by atoms with van der Waals surface area (Å²) in [6, 6.07) is 23.2. The first-order valence-electron chi connectivity index (χ1n) is 12.6. The van der Waals surface area contributed by atoms with Crippen molar-refractivity contribution >= 4 is 36.4 Å². The molecule has 0 fully saturated rings. The van der Waals surface area contributed by atoms with Crippen LogP contribution in [0.25, 0.3) is 16.9 Å². The number of nitrogens with zero attached hydrogens (tertiary/aromatic N) is 3. The first kappa shape index (κ1) is 32.5. The van der Waals surface area contributed by atoms with Gasteiger partial charge in [0, 0.05) is 35.4 Å². The molecule has 210 valence electrons. The van der Waals surface area contributed by atoms with Crippen molar-refractivity contribution in [3.63, 3.8) is 0 Å². The highest BCUT2D eigenvalue weighted by Crippen LogP contribution is 2.27. The number of halogens is 3. The summed E-state index contributed by atoms with van der Waals surface area (Å²) in [4.78, 5) is 6.90. The van der Waals surface area contributed by atoms with Crippen molar-refractivity contribution in [3.8, 4) is 34.2 Å². The normalized spacial score (nSPS) is 11.4. The Kier molecular flexibility index (Phi) is 13.1. The van der Waals surface area contributed by atoms with Gasteiger partial charge >= 0.3 is 0 Å². The van der Waals surface area contributed by atoms with E-state index >= 15 is 0 Å². The van der Waals surface area contributed by atoms with Crippen LogP contribution >= 0.6 is 36.4 Å². The van der Waals surface area contributed by atoms with Crippen LogP contribution < -0.4 is 9.47 Å². The van der Waals surface area contributed by atoms with Crippen LogP contribution in [0.15, 0.2) is 79.0 Å². The third-order valence-corrected chi connectivity index (χ3v) is 6.12. The average Bonchev–Trinajstić information content (AvgIpc) is 3.32. The minimum Gasteiger partial charge on any atom is -0.491 e. The van der Waals surface area contributed by atoms with Gasteiger partial charge in [-0.25, -0.2) is 4.98 Å². The van der Waals surface area contributed by atoms with E-state index in [0.717, 1.165) is 59.3 Å². The summed E-state index contributed by atoms with van der Waals surface area (Å²) < 4.78 is 13.8. The predicted octanol–water partition coefficient (Wildman–Crippen LogP) is 7.47. The average molecular weight is 593 g/mol. The smallest absolute Gasteiger partial charge is 0.127 e. The number of aliphatic hydroxyl groups is 1. The summed E-state index contributed by atoms with van der Waals surface area (Å²) in [6.07, 6.45) is 4.61. The third-order valence-electron chi connectivity index (χ3n) is 5.87. The van der Waals surface area contributed by atoms with Gasteiger partial charge < -0.3 is 24.0 Å². The maximum Gasteiger partial charge on any atom is 0.127 e. The molecule has 0 spiro atoms. The predicted molar refractivity (Wildman–Crippen MR) is 164 cm³/mol. The molecule has 4 aromatic rings. The Morgan fingerprint density at radius 2 is 1.49 bits per heavy atom. The molecular weight excluding hydrogens is 557 g/mol. The van der Waals surface area contributed by atoms with E-state index in [4.69, 9.17) is 26.1 Å². The number of hydrogen-bond donors (Lipinski definition) is 1. The fraction of sp³-hybridized carbons (Fsp3) is 0.300. The van der Waals surface area contributed by atoms with E-state index < -0.39 is 6.10 Å². The highest BCUT2D eigenvalue weighted by molar-refractivity contribution is 6.30. The zero-order valence-corrected chi connectivity index (χ0v) is 24.8. The SMILES string of the molecule is CCCCc1nc(-c2ccc(OC[C@H](O)CN(C)C)cc2)cn1-c1ccc(Oc2ccc(Cl)cc2)cc1.Cl.Cl. The molecule has 0 aliphatic rings. The largest absolute Gasteiger partial charge is 0.491 e. The molecule has 0 unspecified atom stereocenters. The first-order chi connectivity index (χ1) is 17.9. The van der Waals surface area contributed by atoms with Crippen LogP contribution in [0, 0.1) is 0 Å². The van der Waals surface area contributed by atoms with Gasteiger partial charge in [-0.3, -0.25) is 0 Å². The van der Waals surface area contributed by atoms with Gasteiger partial charge in [0.05, 0.1) is 5.69 Å². The number of aliphatic hydroxyl groups excluding tert-OH is 1. The van der Waals surface area contributed by atoms with Crippen LogP contribution in [0.5, 0.6) is 17.2 Å². The molecule has 4 rings (SSSR count). The lowest BCUT2D eigenvalue weighted by Crippen LogP contribution is -2.30.